The molecule has 1 unspecified atom stereocenters. The summed E-state index contributed by atoms with van der Waals surface area (Å²) in [6, 6.07) is 2.40. The molecule has 1 atom stereocenters. The highest BCUT2D eigenvalue weighted by atomic mass is 16.5. The van der Waals surface area contributed by atoms with Gasteiger partial charge in [0, 0.05) is 19.9 Å². The molecular formula is C10H15N3O. The lowest BCUT2D eigenvalue weighted by Gasteiger charge is -2.24. The van der Waals surface area contributed by atoms with Crippen molar-refractivity contribution in [2.75, 3.05) is 25.2 Å². The Hall–Kier alpha value is -1.16. The number of ether oxygens (including phenoxy) is 1. The van der Waals surface area contributed by atoms with Gasteiger partial charge in [0.05, 0.1) is 12.6 Å². The van der Waals surface area contributed by atoms with Crippen LogP contribution in [0.15, 0.2) is 12.3 Å². The maximum atomic E-state index is 5.34. The van der Waals surface area contributed by atoms with Crippen molar-refractivity contribution in [1.82, 2.24) is 9.97 Å². The molecule has 1 aromatic heterocycles. The zero-order valence-electron chi connectivity index (χ0n) is 8.60. The monoisotopic (exact) mass is 193 g/mol. The van der Waals surface area contributed by atoms with Crippen molar-refractivity contribution in [3.8, 4) is 0 Å². The maximum Gasteiger partial charge on any atom is 0.132 e. The Balaban J connectivity index is 2.13. The van der Waals surface area contributed by atoms with Crippen LogP contribution in [0.4, 0.5) is 5.82 Å². The van der Waals surface area contributed by atoms with Gasteiger partial charge >= 0.3 is 0 Å². The van der Waals surface area contributed by atoms with Crippen molar-refractivity contribution in [2.45, 2.75) is 19.4 Å². The van der Waals surface area contributed by atoms with Gasteiger partial charge in [-0.1, -0.05) is 0 Å². The lowest BCUT2D eigenvalue weighted by Crippen LogP contribution is -2.32. The largest absolute Gasteiger partial charge is 0.379 e. The molecule has 2 rings (SSSR count). The minimum absolute atomic E-state index is 0.462. The molecule has 1 aliphatic heterocycles. The first-order valence-corrected chi connectivity index (χ1v) is 4.87. The van der Waals surface area contributed by atoms with E-state index in [1.165, 1.54) is 0 Å². The molecular weight excluding hydrogens is 178 g/mol. The Kier molecular flexibility index (Phi) is 2.63. The fourth-order valence-corrected chi connectivity index (χ4v) is 1.65. The smallest absolute Gasteiger partial charge is 0.132 e. The molecule has 0 N–H and O–H groups in total. The van der Waals surface area contributed by atoms with Gasteiger partial charge in [-0.25, -0.2) is 9.97 Å². The highest BCUT2D eigenvalue weighted by Crippen LogP contribution is 2.17. The van der Waals surface area contributed by atoms with Crippen LogP contribution in [0.2, 0.25) is 0 Å². The van der Waals surface area contributed by atoms with Gasteiger partial charge in [0.15, 0.2) is 0 Å². The molecule has 0 bridgehead atoms. The summed E-state index contributed by atoms with van der Waals surface area (Å²) in [7, 11) is 2.06. The number of aryl methyl sites for hydroxylation is 1. The Bertz CT molecular complexity index is 310. The van der Waals surface area contributed by atoms with E-state index in [4.69, 9.17) is 4.74 Å². The van der Waals surface area contributed by atoms with Crippen LogP contribution in [0.5, 0.6) is 0 Å². The van der Waals surface area contributed by atoms with E-state index in [2.05, 4.69) is 21.9 Å². The summed E-state index contributed by atoms with van der Waals surface area (Å²) in [5.74, 6) is 1.79. The van der Waals surface area contributed by atoms with Crippen LogP contribution in [0.25, 0.3) is 0 Å². The number of rotatable bonds is 2. The van der Waals surface area contributed by atoms with Crippen molar-refractivity contribution in [3.05, 3.63) is 18.1 Å². The van der Waals surface area contributed by atoms with E-state index in [1.54, 1.807) is 6.20 Å². The first-order chi connectivity index (χ1) is 6.77. The number of likely N-dealkylation sites (N-methyl/N-ethyl adjacent to an activating group) is 1. The van der Waals surface area contributed by atoms with Crippen LogP contribution in [-0.4, -0.2) is 36.3 Å². The van der Waals surface area contributed by atoms with Crippen molar-refractivity contribution in [1.29, 1.82) is 0 Å². The van der Waals surface area contributed by atoms with Gasteiger partial charge in [-0.3, -0.25) is 0 Å². The van der Waals surface area contributed by atoms with Crippen LogP contribution in [-0.2, 0) is 4.74 Å². The standard InChI is InChI=1S/C10H15N3O/c1-8-11-5-3-10(12-8)13(2)9-4-6-14-7-9/h3,5,9H,4,6-7H2,1-2H3. The van der Waals surface area contributed by atoms with E-state index in [-0.39, 0.29) is 0 Å². The van der Waals surface area contributed by atoms with Crippen LogP contribution < -0.4 is 4.90 Å². The Morgan fingerprint density at radius 2 is 2.43 bits per heavy atom. The van der Waals surface area contributed by atoms with Gasteiger partial charge in [-0.2, -0.15) is 0 Å². The van der Waals surface area contributed by atoms with Crippen molar-refractivity contribution < 1.29 is 4.74 Å². The van der Waals surface area contributed by atoms with E-state index in [1.807, 2.05) is 13.0 Å². The zero-order valence-corrected chi connectivity index (χ0v) is 8.60. The average molecular weight is 193 g/mol. The van der Waals surface area contributed by atoms with Crippen LogP contribution >= 0.6 is 0 Å². The zero-order chi connectivity index (χ0) is 9.97. The number of hydrogen-bond acceptors (Lipinski definition) is 4. The van der Waals surface area contributed by atoms with E-state index < -0.39 is 0 Å². The summed E-state index contributed by atoms with van der Waals surface area (Å²) in [5.41, 5.74) is 0. The molecule has 76 valence electrons. The molecule has 0 aliphatic carbocycles. The minimum atomic E-state index is 0.462. The van der Waals surface area contributed by atoms with Crippen molar-refractivity contribution in [3.63, 3.8) is 0 Å². The van der Waals surface area contributed by atoms with Gasteiger partial charge < -0.3 is 9.64 Å². The summed E-state index contributed by atoms with van der Waals surface area (Å²) in [6.07, 6.45) is 2.88. The molecule has 1 aromatic rings. The van der Waals surface area contributed by atoms with Gasteiger partial charge in [0.1, 0.15) is 11.6 Å². The SMILES string of the molecule is Cc1nccc(N(C)C2CCOC2)n1. The molecule has 2 heterocycles. The molecule has 4 heteroatoms. The number of anilines is 1. The van der Waals surface area contributed by atoms with Gasteiger partial charge in [0.25, 0.3) is 0 Å². The second-order valence-electron chi connectivity index (χ2n) is 3.59. The van der Waals surface area contributed by atoms with Gasteiger partial charge in [0.2, 0.25) is 0 Å². The summed E-state index contributed by atoms with van der Waals surface area (Å²) in [5, 5.41) is 0. The predicted molar refractivity (Wildman–Crippen MR) is 54.4 cm³/mol. The normalized spacial score (nSPS) is 21.1. The summed E-state index contributed by atoms with van der Waals surface area (Å²) in [6.45, 7) is 3.57. The molecule has 0 saturated carbocycles. The second kappa shape index (κ2) is 3.92. The third-order valence-corrected chi connectivity index (χ3v) is 2.58. The molecule has 0 radical (unpaired) electrons. The fourth-order valence-electron chi connectivity index (χ4n) is 1.65. The van der Waals surface area contributed by atoms with E-state index in [9.17, 15) is 0 Å². The maximum absolute atomic E-state index is 5.34. The van der Waals surface area contributed by atoms with Gasteiger partial charge in [-0.05, 0) is 19.4 Å². The molecule has 0 amide bonds. The first-order valence-electron chi connectivity index (χ1n) is 4.87. The third-order valence-electron chi connectivity index (χ3n) is 2.58. The lowest BCUT2D eigenvalue weighted by atomic mass is 10.2. The molecule has 14 heavy (non-hydrogen) atoms. The summed E-state index contributed by atoms with van der Waals surface area (Å²) in [4.78, 5) is 10.6. The molecule has 0 spiro atoms. The fraction of sp³-hybridized carbons (Fsp3) is 0.600. The molecule has 1 saturated heterocycles. The number of hydrogen-bond donors (Lipinski definition) is 0. The van der Waals surface area contributed by atoms with E-state index >= 15 is 0 Å². The van der Waals surface area contributed by atoms with Crippen LogP contribution in [0, 0.1) is 6.92 Å². The highest BCUT2D eigenvalue weighted by Gasteiger charge is 2.21. The number of aromatic nitrogens is 2. The Morgan fingerprint density at radius 3 is 3.07 bits per heavy atom. The second-order valence-corrected chi connectivity index (χ2v) is 3.59. The number of nitrogens with zero attached hydrogens (tertiary/aromatic N) is 3. The quantitative estimate of drug-likeness (QED) is 0.702. The topological polar surface area (TPSA) is 38.2 Å². The average Bonchev–Trinajstić information content (AvgIpc) is 2.69. The molecule has 1 fully saturated rings. The van der Waals surface area contributed by atoms with Crippen LogP contribution in [0.1, 0.15) is 12.2 Å². The molecule has 4 nitrogen and oxygen atoms in total. The first kappa shape index (κ1) is 9.40. The van der Waals surface area contributed by atoms with Crippen molar-refractivity contribution in [2.24, 2.45) is 0 Å². The molecule has 1 aliphatic rings. The Labute approximate surface area is 83.9 Å². The van der Waals surface area contributed by atoms with E-state index in [0.29, 0.717) is 6.04 Å². The third kappa shape index (κ3) is 1.85. The van der Waals surface area contributed by atoms with Crippen LogP contribution in [0.3, 0.4) is 0 Å². The summed E-state index contributed by atoms with van der Waals surface area (Å²) < 4.78 is 5.34. The predicted octanol–water partition coefficient (Wildman–Crippen LogP) is 1.01. The van der Waals surface area contributed by atoms with Crippen molar-refractivity contribution >= 4 is 5.82 Å². The lowest BCUT2D eigenvalue weighted by molar-refractivity contribution is 0.193. The molecule has 0 aromatic carbocycles. The van der Waals surface area contributed by atoms with Gasteiger partial charge in [-0.15, -0.1) is 0 Å². The van der Waals surface area contributed by atoms with E-state index in [0.717, 1.165) is 31.3 Å². The minimum Gasteiger partial charge on any atom is -0.379 e. The summed E-state index contributed by atoms with van der Waals surface area (Å²) >= 11 is 0. The Morgan fingerprint density at radius 1 is 1.57 bits per heavy atom. The highest BCUT2D eigenvalue weighted by molar-refractivity contribution is 5.37.